The predicted molar refractivity (Wildman–Crippen MR) is 126 cm³/mol. The van der Waals surface area contributed by atoms with Gasteiger partial charge in [-0.05, 0) is 43.2 Å². The molecule has 2 aromatic carbocycles. The van der Waals surface area contributed by atoms with Crippen LogP contribution < -0.4 is 4.90 Å². The summed E-state index contributed by atoms with van der Waals surface area (Å²) in [5.41, 5.74) is 4.50. The molecule has 32 heavy (non-hydrogen) atoms. The van der Waals surface area contributed by atoms with E-state index in [9.17, 15) is 9.59 Å². The fraction of sp³-hybridized carbons (Fsp3) is 0.320. The summed E-state index contributed by atoms with van der Waals surface area (Å²) in [5.74, 6) is -0.237. The number of amides is 2. The summed E-state index contributed by atoms with van der Waals surface area (Å²) in [4.78, 5) is 33.9. The van der Waals surface area contributed by atoms with Gasteiger partial charge in [0.1, 0.15) is 12.6 Å². The zero-order valence-electron chi connectivity index (χ0n) is 18.8. The van der Waals surface area contributed by atoms with Gasteiger partial charge < -0.3 is 14.8 Å². The van der Waals surface area contributed by atoms with Crippen LogP contribution in [0.5, 0.6) is 0 Å². The fourth-order valence-electron chi connectivity index (χ4n) is 4.96. The van der Waals surface area contributed by atoms with Crippen molar-refractivity contribution in [2.24, 2.45) is 5.10 Å². The summed E-state index contributed by atoms with van der Waals surface area (Å²) in [6.07, 6.45) is 2.13. The maximum absolute atomic E-state index is 13.4. The number of hydrazone groups is 1. The van der Waals surface area contributed by atoms with E-state index in [0.717, 1.165) is 33.4 Å². The van der Waals surface area contributed by atoms with Crippen molar-refractivity contribution in [3.8, 4) is 0 Å². The van der Waals surface area contributed by atoms with Crippen molar-refractivity contribution in [2.75, 3.05) is 25.5 Å². The molecule has 1 saturated heterocycles. The second kappa shape index (κ2) is 7.22. The van der Waals surface area contributed by atoms with Crippen molar-refractivity contribution in [2.45, 2.75) is 31.8 Å². The Morgan fingerprint density at radius 2 is 1.81 bits per heavy atom. The molecule has 7 nitrogen and oxygen atoms in total. The maximum Gasteiger partial charge on any atom is 0.266 e. The Balaban J connectivity index is 1.46. The summed E-state index contributed by atoms with van der Waals surface area (Å²) in [6.45, 7) is 3.95. The Morgan fingerprint density at radius 1 is 1.09 bits per heavy atom. The summed E-state index contributed by atoms with van der Waals surface area (Å²) in [5, 5.41) is 6.82. The summed E-state index contributed by atoms with van der Waals surface area (Å²) in [6, 6.07) is 15.4. The first-order chi connectivity index (χ1) is 15.3. The molecule has 1 atom stereocenters. The third-order valence-corrected chi connectivity index (χ3v) is 6.59. The Labute approximate surface area is 187 Å². The highest BCUT2D eigenvalue weighted by atomic mass is 16.2. The van der Waals surface area contributed by atoms with E-state index in [1.807, 2.05) is 75.3 Å². The molecular weight excluding hydrogens is 402 g/mol. The van der Waals surface area contributed by atoms with Crippen LogP contribution in [0.2, 0.25) is 0 Å². The first-order valence-electron chi connectivity index (χ1n) is 10.8. The molecule has 3 aromatic rings. The Kier molecular flexibility index (Phi) is 4.58. The van der Waals surface area contributed by atoms with Crippen LogP contribution >= 0.6 is 0 Å². The fourth-order valence-corrected chi connectivity index (χ4v) is 4.96. The quantitative estimate of drug-likeness (QED) is 0.651. The average molecular weight is 430 g/mol. The van der Waals surface area contributed by atoms with E-state index in [1.54, 1.807) is 11.1 Å². The molecule has 0 aliphatic carbocycles. The molecule has 1 aromatic heterocycles. The predicted octanol–water partition coefficient (Wildman–Crippen LogP) is 3.10. The van der Waals surface area contributed by atoms with Crippen molar-refractivity contribution in [3.63, 3.8) is 0 Å². The molecule has 2 aliphatic heterocycles. The minimum atomic E-state index is -0.609. The van der Waals surface area contributed by atoms with Gasteiger partial charge in [-0.15, -0.1) is 0 Å². The lowest BCUT2D eigenvalue weighted by molar-refractivity contribution is -0.163. The van der Waals surface area contributed by atoms with Gasteiger partial charge in [-0.3, -0.25) is 9.59 Å². The second-order valence-electron chi connectivity index (χ2n) is 9.19. The van der Waals surface area contributed by atoms with Crippen LogP contribution in [-0.4, -0.2) is 59.6 Å². The molecule has 1 N–H and O–H groups in total. The van der Waals surface area contributed by atoms with Crippen LogP contribution in [0.1, 0.15) is 30.7 Å². The summed E-state index contributed by atoms with van der Waals surface area (Å²) >= 11 is 0. The number of anilines is 1. The number of piperazine rings is 1. The van der Waals surface area contributed by atoms with Gasteiger partial charge >= 0.3 is 0 Å². The first-order valence-corrected chi connectivity index (χ1v) is 10.8. The number of aromatic amines is 1. The molecule has 3 heterocycles. The van der Waals surface area contributed by atoms with E-state index in [2.05, 4.69) is 16.2 Å². The van der Waals surface area contributed by atoms with Crippen LogP contribution in [0.4, 0.5) is 5.69 Å². The van der Waals surface area contributed by atoms with E-state index >= 15 is 0 Å². The van der Waals surface area contributed by atoms with Gasteiger partial charge in [0.25, 0.3) is 5.91 Å². The van der Waals surface area contributed by atoms with Crippen LogP contribution in [0.15, 0.2) is 53.6 Å². The van der Waals surface area contributed by atoms with E-state index in [4.69, 9.17) is 0 Å². The molecular formula is C25H27N5O2. The molecule has 0 saturated carbocycles. The van der Waals surface area contributed by atoms with Crippen molar-refractivity contribution < 1.29 is 9.59 Å². The number of carbonyl (C=O) groups excluding carboxylic acids is 2. The minimum absolute atomic E-state index is 0.0550. The van der Waals surface area contributed by atoms with E-state index in [-0.39, 0.29) is 18.4 Å². The maximum atomic E-state index is 13.4. The van der Waals surface area contributed by atoms with Gasteiger partial charge in [0, 0.05) is 42.8 Å². The Bertz CT molecular complexity index is 1240. The number of fused-ring (bicyclic) bond motifs is 4. The normalized spacial score (nSPS) is 20.1. The topological polar surface area (TPSA) is 72.0 Å². The Morgan fingerprint density at radius 3 is 2.53 bits per heavy atom. The van der Waals surface area contributed by atoms with Gasteiger partial charge in [-0.1, -0.05) is 30.3 Å². The van der Waals surface area contributed by atoms with Crippen LogP contribution in [-0.2, 0) is 21.5 Å². The number of rotatable bonds is 3. The smallest absolute Gasteiger partial charge is 0.266 e. The highest BCUT2D eigenvalue weighted by Gasteiger charge is 2.51. The highest BCUT2D eigenvalue weighted by molar-refractivity contribution is 5.98. The molecule has 164 valence electrons. The first kappa shape index (κ1) is 20.3. The Hall–Kier alpha value is -3.61. The largest absolute Gasteiger partial charge is 0.378 e. The average Bonchev–Trinajstić information content (AvgIpc) is 3.15. The van der Waals surface area contributed by atoms with Gasteiger partial charge in [-0.2, -0.15) is 5.10 Å². The number of hydrogen-bond donors (Lipinski definition) is 1. The van der Waals surface area contributed by atoms with Gasteiger partial charge in [0.15, 0.2) is 0 Å². The summed E-state index contributed by atoms with van der Waals surface area (Å²) < 4.78 is 0. The number of nitrogens with zero attached hydrogens (tertiary/aromatic N) is 4. The van der Waals surface area contributed by atoms with Crippen LogP contribution in [0.25, 0.3) is 10.9 Å². The van der Waals surface area contributed by atoms with Gasteiger partial charge in [0.05, 0.1) is 11.8 Å². The standard InChI is InChI=1S/C25H27N5O2/c1-25(2)23-19(18-7-5-6-8-20(18)27-23)13-21-24(32)29(15-22(31)30(21)25)26-14-16-9-11-17(12-10-16)28(3)4/h5-12,14,21,27H,13,15H2,1-4H3/b26-14-/t21-/m0/s1. The zero-order chi connectivity index (χ0) is 22.6. The molecule has 0 bridgehead atoms. The van der Waals surface area contributed by atoms with Crippen LogP contribution in [0.3, 0.4) is 0 Å². The highest BCUT2D eigenvalue weighted by Crippen LogP contribution is 2.42. The molecule has 0 unspecified atom stereocenters. The van der Waals surface area contributed by atoms with Crippen molar-refractivity contribution >= 4 is 34.6 Å². The molecule has 0 radical (unpaired) electrons. The lowest BCUT2D eigenvalue weighted by Gasteiger charge is -2.50. The van der Waals surface area contributed by atoms with Gasteiger partial charge in [-0.25, -0.2) is 5.01 Å². The molecule has 7 heteroatoms. The van der Waals surface area contributed by atoms with Crippen molar-refractivity contribution in [1.29, 1.82) is 0 Å². The summed E-state index contributed by atoms with van der Waals surface area (Å²) in [7, 11) is 3.97. The monoisotopic (exact) mass is 429 g/mol. The lowest BCUT2D eigenvalue weighted by atomic mass is 9.82. The van der Waals surface area contributed by atoms with Gasteiger partial charge in [0.2, 0.25) is 5.91 Å². The zero-order valence-corrected chi connectivity index (χ0v) is 18.8. The number of nitrogens with one attached hydrogen (secondary N) is 1. The number of carbonyl (C=O) groups is 2. The molecule has 2 amide bonds. The number of H-pyrrole nitrogens is 1. The SMILES string of the molecule is CN(C)c1ccc(/C=N\N2CC(=O)N3[C@@H](Cc4c([nH]c5ccccc45)C3(C)C)C2=O)cc1. The molecule has 1 fully saturated rings. The second-order valence-corrected chi connectivity index (χ2v) is 9.19. The van der Waals surface area contributed by atoms with Crippen LogP contribution in [0, 0.1) is 0 Å². The third-order valence-electron chi connectivity index (χ3n) is 6.59. The molecule has 2 aliphatic rings. The number of benzene rings is 2. The number of para-hydroxylation sites is 1. The molecule has 0 spiro atoms. The number of aromatic nitrogens is 1. The molecule has 5 rings (SSSR count). The van der Waals surface area contributed by atoms with E-state index in [0.29, 0.717) is 6.42 Å². The third kappa shape index (κ3) is 3.07. The lowest BCUT2D eigenvalue weighted by Crippen LogP contribution is -2.66. The van der Waals surface area contributed by atoms with E-state index in [1.165, 1.54) is 5.01 Å². The van der Waals surface area contributed by atoms with Crippen molar-refractivity contribution in [1.82, 2.24) is 14.9 Å². The minimum Gasteiger partial charge on any atom is -0.378 e. The number of hydrogen-bond acceptors (Lipinski definition) is 4. The van der Waals surface area contributed by atoms with Crippen molar-refractivity contribution in [3.05, 3.63) is 65.4 Å². The van der Waals surface area contributed by atoms with E-state index < -0.39 is 11.6 Å².